The molecule has 0 heterocycles. The highest BCUT2D eigenvalue weighted by molar-refractivity contribution is 6.03. The fourth-order valence-corrected chi connectivity index (χ4v) is 2.49. The molecule has 1 N–H and O–H groups in total. The van der Waals surface area contributed by atoms with Crippen LogP contribution in [0.2, 0.25) is 0 Å². The summed E-state index contributed by atoms with van der Waals surface area (Å²) in [5.74, 6) is -4.98. The number of ketones is 1. The first-order chi connectivity index (χ1) is 11.9. The molecule has 0 aliphatic carbocycles. The monoisotopic (exact) mass is 350 g/mol. The van der Waals surface area contributed by atoms with Gasteiger partial charge in [-0.05, 0) is 24.3 Å². The number of hydrogen-bond donors (Lipinski definition) is 1. The van der Waals surface area contributed by atoms with E-state index in [0.29, 0.717) is 11.5 Å². The highest BCUT2D eigenvalue weighted by Gasteiger charge is 2.30. The molecule has 1 unspecified atom stereocenters. The Labute approximate surface area is 142 Å². The third-order valence-corrected chi connectivity index (χ3v) is 3.68. The zero-order valence-corrected chi connectivity index (χ0v) is 13.6. The van der Waals surface area contributed by atoms with E-state index in [9.17, 15) is 18.4 Å². The molecule has 0 aliphatic rings. The van der Waals surface area contributed by atoms with Gasteiger partial charge in [0, 0.05) is 17.2 Å². The molecule has 2 rings (SSSR count). The summed E-state index contributed by atoms with van der Waals surface area (Å²) in [7, 11) is 2.77. The van der Waals surface area contributed by atoms with E-state index < -0.39 is 41.3 Å². The molecule has 0 amide bonds. The fourth-order valence-electron chi connectivity index (χ4n) is 2.49. The van der Waals surface area contributed by atoms with E-state index in [1.807, 2.05) is 0 Å². The Balaban J connectivity index is 2.55. The molecule has 0 saturated heterocycles. The number of carbonyl (C=O) groups excluding carboxylic acids is 1. The number of carbonyl (C=O) groups is 2. The smallest absolute Gasteiger partial charge is 0.304 e. The molecule has 2 aromatic rings. The maximum absolute atomic E-state index is 14.1. The summed E-state index contributed by atoms with van der Waals surface area (Å²) in [5.41, 5.74) is -0.540. The van der Waals surface area contributed by atoms with Crippen LogP contribution in [0.1, 0.15) is 28.3 Å². The Kier molecular flexibility index (Phi) is 5.69. The van der Waals surface area contributed by atoms with Gasteiger partial charge in [0.2, 0.25) is 0 Å². The summed E-state index contributed by atoms with van der Waals surface area (Å²) in [5, 5.41) is 9.08. The average molecular weight is 350 g/mol. The van der Waals surface area contributed by atoms with Gasteiger partial charge in [0.15, 0.2) is 5.78 Å². The maximum atomic E-state index is 14.1. The number of carboxylic acid groups (broad SMARTS) is 1. The molecular formula is C18H16F2O5. The molecule has 0 saturated carbocycles. The first kappa shape index (κ1) is 18.4. The van der Waals surface area contributed by atoms with E-state index in [1.54, 1.807) is 0 Å². The molecule has 0 spiro atoms. The van der Waals surface area contributed by atoms with Gasteiger partial charge >= 0.3 is 5.97 Å². The van der Waals surface area contributed by atoms with Gasteiger partial charge in [-0.25, -0.2) is 8.78 Å². The van der Waals surface area contributed by atoms with Crippen molar-refractivity contribution in [1.29, 1.82) is 0 Å². The Morgan fingerprint density at radius 1 is 1.04 bits per heavy atom. The second kappa shape index (κ2) is 7.74. The number of rotatable bonds is 7. The van der Waals surface area contributed by atoms with Crippen LogP contribution in [0.3, 0.4) is 0 Å². The Bertz CT molecular complexity index is 762. The highest BCUT2D eigenvalue weighted by atomic mass is 19.1. The van der Waals surface area contributed by atoms with Crippen molar-refractivity contribution in [1.82, 2.24) is 0 Å². The largest absolute Gasteiger partial charge is 0.497 e. The molecule has 0 aliphatic heterocycles. The molecule has 25 heavy (non-hydrogen) atoms. The number of Topliss-reactive ketones (excluding diaryl/α,β-unsaturated/α-hetero) is 1. The number of methoxy groups -OCH3 is 2. The molecule has 0 radical (unpaired) electrons. The van der Waals surface area contributed by atoms with Gasteiger partial charge in [-0.3, -0.25) is 9.59 Å². The lowest BCUT2D eigenvalue weighted by Gasteiger charge is -2.17. The Morgan fingerprint density at radius 3 is 2.00 bits per heavy atom. The van der Waals surface area contributed by atoms with Crippen molar-refractivity contribution in [3.63, 3.8) is 0 Å². The van der Waals surface area contributed by atoms with Crippen molar-refractivity contribution >= 4 is 11.8 Å². The number of aliphatic carboxylic acids is 1. The first-order valence-corrected chi connectivity index (χ1v) is 7.30. The summed E-state index contributed by atoms with van der Waals surface area (Å²) in [6, 6.07) is 7.34. The molecule has 0 bridgehead atoms. The van der Waals surface area contributed by atoms with E-state index in [0.717, 1.165) is 18.2 Å². The number of ether oxygens (including phenoxy) is 2. The Hall–Kier alpha value is -2.96. The summed E-state index contributed by atoms with van der Waals surface area (Å²) < 4.78 is 38.3. The lowest BCUT2D eigenvalue weighted by molar-refractivity contribution is -0.137. The molecule has 0 aromatic heterocycles. The number of benzene rings is 2. The SMILES string of the molecule is COc1cc(OC)cc(C(=O)C(CC(=O)O)c2c(F)cccc2F)c1. The standard InChI is InChI=1S/C18H16F2O5/c1-24-11-6-10(7-12(8-11)25-2)18(23)13(9-16(21)22)17-14(19)4-3-5-15(17)20/h3-8,13H,9H2,1-2H3,(H,21,22). The second-order valence-electron chi connectivity index (χ2n) is 5.25. The second-order valence-corrected chi connectivity index (χ2v) is 5.25. The molecule has 132 valence electrons. The van der Waals surface area contributed by atoms with E-state index in [-0.39, 0.29) is 5.56 Å². The quantitative estimate of drug-likeness (QED) is 0.775. The van der Waals surface area contributed by atoms with Gasteiger partial charge < -0.3 is 14.6 Å². The minimum atomic E-state index is -1.52. The zero-order valence-electron chi connectivity index (χ0n) is 13.6. The van der Waals surface area contributed by atoms with Crippen molar-refractivity contribution in [2.24, 2.45) is 0 Å². The maximum Gasteiger partial charge on any atom is 0.304 e. The molecular weight excluding hydrogens is 334 g/mol. The van der Waals surface area contributed by atoms with E-state index in [4.69, 9.17) is 14.6 Å². The Morgan fingerprint density at radius 2 is 1.56 bits per heavy atom. The van der Waals surface area contributed by atoms with Crippen LogP contribution in [0.5, 0.6) is 11.5 Å². The van der Waals surface area contributed by atoms with Gasteiger partial charge in [-0.2, -0.15) is 0 Å². The number of halogens is 2. The summed E-state index contributed by atoms with van der Waals surface area (Å²) >= 11 is 0. The molecule has 0 fully saturated rings. The van der Waals surface area contributed by atoms with Crippen LogP contribution in [0.15, 0.2) is 36.4 Å². The molecule has 2 aromatic carbocycles. The average Bonchev–Trinajstić information content (AvgIpc) is 2.59. The summed E-state index contributed by atoms with van der Waals surface area (Å²) in [4.78, 5) is 24.0. The third-order valence-electron chi connectivity index (χ3n) is 3.68. The third kappa shape index (κ3) is 4.12. The zero-order chi connectivity index (χ0) is 18.6. The van der Waals surface area contributed by atoms with Gasteiger partial charge in [0.05, 0.1) is 26.6 Å². The van der Waals surface area contributed by atoms with Crippen LogP contribution in [-0.4, -0.2) is 31.1 Å². The molecule has 5 nitrogen and oxygen atoms in total. The molecule has 7 heteroatoms. The lowest BCUT2D eigenvalue weighted by atomic mass is 9.87. The predicted molar refractivity (Wildman–Crippen MR) is 85.2 cm³/mol. The van der Waals surface area contributed by atoms with Crippen molar-refractivity contribution in [3.8, 4) is 11.5 Å². The van der Waals surface area contributed by atoms with Crippen LogP contribution in [0.25, 0.3) is 0 Å². The van der Waals surface area contributed by atoms with Gasteiger partial charge in [0.25, 0.3) is 0 Å². The van der Waals surface area contributed by atoms with Crippen LogP contribution < -0.4 is 9.47 Å². The topological polar surface area (TPSA) is 72.8 Å². The number of hydrogen-bond acceptors (Lipinski definition) is 4. The van der Waals surface area contributed by atoms with Gasteiger partial charge in [0.1, 0.15) is 23.1 Å². The van der Waals surface area contributed by atoms with Crippen molar-refractivity contribution < 1.29 is 33.0 Å². The molecule has 1 atom stereocenters. The van der Waals surface area contributed by atoms with Crippen LogP contribution in [0.4, 0.5) is 8.78 Å². The van der Waals surface area contributed by atoms with Crippen LogP contribution >= 0.6 is 0 Å². The van der Waals surface area contributed by atoms with Gasteiger partial charge in [-0.1, -0.05) is 6.07 Å². The summed E-state index contributed by atoms with van der Waals surface area (Å²) in [6.07, 6.45) is -0.754. The minimum absolute atomic E-state index is 0.0325. The summed E-state index contributed by atoms with van der Waals surface area (Å²) in [6.45, 7) is 0. The minimum Gasteiger partial charge on any atom is -0.497 e. The van der Waals surface area contributed by atoms with Crippen molar-refractivity contribution in [2.45, 2.75) is 12.3 Å². The fraction of sp³-hybridized carbons (Fsp3) is 0.222. The van der Waals surface area contributed by atoms with E-state index in [2.05, 4.69) is 0 Å². The van der Waals surface area contributed by atoms with E-state index in [1.165, 1.54) is 32.4 Å². The van der Waals surface area contributed by atoms with Gasteiger partial charge in [-0.15, -0.1) is 0 Å². The predicted octanol–water partition coefficient (Wildman–Crippen LogP) is 3.42. The lowest BCUT2D eigenvalue weighted by Crippen LogP contribution is -2.19. The van der Waals surface area contributed by atoms with E-state index >= 15 is 0 Å². The highest BCUT2D eigenvalue weighted by Crippen LogP contribution is 2.32. The van der Waals surface area contributed by atoms with Crippen LogP contribution in [-0.2, 0) is 4.79 Å². The van der Waals surface area contributed by atoms with Crippen LogP contribution in [0, 0.1) is 11.6 Å². The van der Waals surface area contributed by atoms with Crippen molar-refractivity contribution in [2.75, 3.05) is 14.2 Å². The normalized spacial score (nSPS) is 11.7. The van der Waals surface area contributed by atoms with Crippen molar-refractivity contribution in [3.05, 3.63) is 59.2 Å². The number of carboxylic acids is 1. The first-order valence-electron chi connectivity index (χ1n) is 7.30.